The molecule has 0 bridgehead atoms. The summed E-state index contributed by atoms with van der Waals surface area (Å²) in [4.78, 5) is 23.0. The molecule has 0 fully saturated rings. The zero-order valence-electron chi connectivity index (χ0n) is 14.2. The van der Waals surface area contributed by atoms with E-state index in [4.69, 9.17) is 5.11 Å². The number of anilines is 1. The molecule has 5 heteroatoms. The average Bonchev–Trinajstić information content (AvgIpc) is 2.61. The standard InChI is InChI=1S/C17H17NO4.C2H6/c1-11(20)16-14(17(21)22)3-2-4-15(16)18-9-12-5-7-13(10-19)8-6-12;1-2/h2-8,18-19H,9-10H2,1H3,(H,21,22);1-2H3. The van der Waals surface area contributed by atoms with E-state index in [9.17, 15) is 14.7 Å². The summed E-state index contributed by atoms with van der Waals surface area (Å²) in [6.45, 7) is 5.79. The molecule has 0 amide bonds. The minimum absolute atomic E-state index is 0.00636. The van der Waals surface area contributed by atoms with Crippen molar-refractivity contribution < 1.29 is 19.8 Å². The van der Waals surface area contributed by atoms with Crippen LogP contribution >= 0.6 is 0 Å². The second-order valence-electron chi connectivity index (χ2n) is 4.92. The lowest BCUT2D eigenvalue weighted by molar-refractivity contribution is 0.0692. The van der Waals surface area contributed by atoms with Crippen LogP contribution in [0.3, 0.4) is 0 Å². The minimum Gasteiger partial charge on any atom is -0.478 e. The summed E-state index contributed by atoms with van der Waals surface area (Å²) in [5.41, 5.74) is 2.46. The Balaban J connectivity index is 0.00000139. The van der Waals surface area contributed by atoms with Crippen molar-refractivity contribution in [1.29, 1.82) is 0 Å². The summed E-state index contributed by atoms with van der Waals surface area (Å²) in [6.07, 6.45) is 0. The van der Waals surface area contributed by atoms with Crippen LogP contribution < -0.4 is 5.32 Å². The van der Waals surface area contributed by atoms with Crippen molar-refractivity contribution in [1.82, 2.24) is 0 Å². The van der Waals surface area contributed by atoms with Crippen molar-refractivity contribution >= 4 is 17.4 Å². The van der Waals surface area contributed by atoms with Gasteiger partial charge in [-0.15, -0.1) is 0 Å². The average molecular weight is 329 g/mol. The molecule has 0 atom stereocenters. The highest BCUT2D eigenvalue weighted by Gasteiger charge is 2.17. The number of aliphatic hydroxyl groups excluding tert-OH is 1. The number of benzene rings is 2. The molecule has 0 spiro atoms. The van der Waals surface area contributed by atoms with E-state index in [0.717, 1.165) is 11.1 Å². The predicted molar refractivity (Wildman–Crippen MR) is 94.4 cm³/mol. The number of ketones is 1. The highest BCUT2D eigenvalue weighted by molar-refractivity contribution is 6.08. The lowest BCUT2D eigenvalue weighted by Gasteiger charge is -2.12. The van der Waals surface area contributed by atoms with E-state index < -0.39 is 5.97 Å². The van der Waals surface area contributed by atoms with E-state index in [1.165, 1.54) is 13.0 Å². The number of carboxylic acid groups (broad SMARTS) is 1. The molecule has 0 unspecified atom stereocenters. The fourth-order valence-corrected chi connectivity index (χ4v) is 2.22. The maximum Gasteiger partial charge on any atom is 0.336 e. The Labute approximate surface area is 142 Å². The minimum atomic E-state index is -1.12. The van der Waals surface area contributed by atoms with E-state index in [2.05, 4.69) is 5.32 Å². The Hall–Kier alpha value is -2.66. The van der Waals surface area contributed by atoms with Crippen LogP contribution in [0.2, 0.25) is 0 Å². The van der Waals surface area contributed by atoms with Crippen LogP contribution in [-0.4, -0.2) is 22.0 Å². The number of aliphatic hydroxyl groups is 1. The van der Waals surface area contributed by atoms with Gasteiger partial charge in [0, 0.05) is 12.2 Å². The molecule has 0 saturated carbocycles. The van der Waals surface area contributed by atoms with Crippen LogP contribution in [0.5, 0.6) is 0 Å². The van der Waals surface area contributed by atoms with E-state index in [1.54, 1.807) is 12.1 Å². The van der Waals surface area contributed by atoms with Crippen molar-refractivity contribution in [3.63, 3.8) is 0 Å². The Morgan fingerprint density at radius 3 is 2.08 bits per heavy atom. The molecule has 0 aliphatic heterocycles. The number of hydrogen-bond acceptors (Lipinski definition) is 4. The predicted octanol–water partition coefficient (Wildman–Crippen LogP) is 3.72. The fraction of sp³-hybridized carbons (Fsp3) is 0.263. The number of hydrogen-bond donors (Lipinski definition) is 3. The highest BCUT2D eigenvalue weighted by atomic mass is 16.4. The fourth-order valence-electron chi connectivity index (χ4n) is 2.22. The van der Waals surface area contributed by atoms with Gasteiger partial charge in [0.15, 0.2) is 5.78 Å². The molecular formula is C19H23NO4. The lowest BCUT2D eigenvalue weighted by atomic mass is 10.0. The van der Waals surface area contributed by atoms with Gasteiger partial charge in [0.05, 0.1) is 17.7 Å². The number of carbonyl (C=O) groups is 2. The normalized spacial score (nSPS) is 9.67. The van der Waals surface area contributed by atoms with Crippen molar-refractivity contribution in [2.45, 2.75) is 33.9 Å². The molecular weight excluding hydrogens is 306 g/mol. The lowest BCUT2D eigenvalue weighted by Crippen LogP contribution is -2.11. The van der Waals surface area contributed by atoms with Crippen LogP contribution in [0, 0.1) is 0 Å². The molecule has 2 rings (SSSR count). The first-order chi connectivity index (χ1) is 11.5. The highest BCUT2D eigenvalue weighted by Crippen LogP contribution is 2.22. The molecule has 3 N–H and O–H groups in total. The molecule has 0 aliphatic carbocycles. The molecule has 5 nitrogen and oxygen atoms in total. The number of nitrogens with one attached hydrogen (secondary N) is 1. The first-order valence-electron chi connectivity index (χ1n) is 7.82. The number of carbonyl (C=O) groups excluding carboxylic acids is 1. The molecule has 0 saturated heterocycles. The zero-order valence-corrected chi connectivity index (χ0v) is 14.2. The van der Waals surface area contributed by atoms with E-state index >= 15 is 0 Å². The molecule has 2 aromatic carbocycles. The Bertz CT molecular complexity index is 693. The maximum atomic E-state index is 11.8. The van der Waals surface area contributed by atoms with Gasteiger partial charge < -0.3 is 15.5 Å². The monoisotopic (exact) mass is 329 g/mol. The van der Waals surface area contributed by atoms with Gasteiger partial charge in [-0.25, -0.2) is 4.79 Å². The third kappa shape index (κ3) is 4.93. The van der Waals surface area contributed by atoms with Crippen molar-refractivity contribution in [3.8, 4) is 0 Å². The van der Waals surface area contributed by atoms with Crippen molar-refractivity contribution in [2.24, 2.45) is 0 Å². The van der Waals surface area contributed by atoms with Gasteiger partial charge in [-0.1, -0.05) is 44.2 Å². The number of aromatic carboxylic acids is 1. The zero-order chi connectivity index (χ0) is 18.1. The maximum absolute atomic E-state index is 11.8. The van der Waals surface area contributed by atoms with Gasteiger partial charge in [-0.05, 0) is 30.2 Å². The molecule has 0 aliphatic rings. The van der Waals surface area contributed by atoms with Gasteiger partial charge in [-0.3, -0.25) is 4.79 Å². The molecule has 24 heavy (non-hydrogen) atoms. The molecule has 128 valence electrons. The summed E-state index contributed by atoms with van der Waals surface area (Å²) < 4.78 is 0. The van der Waals surface area contributed by atoms with Gasteiger partial charge in [0.25, 0.3) is 0 Å². The van der Waals surface area contributed by atoms with E-state index in [0.29, 0.717) is 12.2 Å². The van der Waals surface area contributed by atoms with Crippen LogP contribution in [0.4, 0.5) is 5.69 Å². The number of carboxylic acids is 1. The topological polar surface area (TPSA) is 86.6 Å². The second-order valence-corrected chi connectivity index (χ2v) is 4.92. The first-order valence-corrected chi connectivity index (χ1v) is 7.82. The van der Waals surface area contributed by atoms with Crippen LogP contribution in [-0.2, 0) is 13.2 Å². The molecule has 0 heterocycles. The van der Waals surface area contributed by atoms with Gasteiger partial charge in [-0.2, -0.15) is 0 Å². The number of rotatable bonds is 6. The summed E-state index contributed by atoms with van der Waals surface area (Å²) in [7, 11) is 0. The summed E-state index contributed by atoms with van der Waals surface area (Å²) in [6, 6.07) is 12.1. The van der Waals surface area contributed by atoms with Gasteiger partial charge in [0.1, 0.15) is 0 Å². The van der Waals surface area contributed by atoms with E-state index in [-0.39, 0.29) is 23.5 Å². The quantitative estimate of drug-likeness (QED) is 0.703. The Morgan fingerprint density at radius 1 is 1.00 bits per heavy atom. The number of Topliss-reactive ketones (excluding diaryl/α,β-unsaturated/α-hetero) is 1. The van der Waals surface area contributed by atoms with Crippen LogP contribution in [0.1, 0.15) is 52.6 Å². The van der Waals surface area contributed by atoms with Gasteiger partial charge >= 0.3 is 5.97 Å². The Kier molecular flexibility index (Phi) is 7.65. The Morgan fingerprint density at radius 2 is 1.58 bits per heavy atom. The third-order valence-electron chi connectivity index (χ3n) is 3.34. The van der Waals surface area contributed by atoms with Crippen LogP contribution in [0.15, 0.2) is 42.5 Å². The van der Waals surface area contributed by atoms with Crippen molar-refractivity contribution in [2.75, 3.05) is 5.32 Å². The van der Waals surface area contributed by atoms with E-state index in [1.807, 2.05) is 38.1 Å². The SMILES string of the molecule is CC.CC(=O)c1c(NCc2ccc(CO)cc2)cccc1C(=O)O. The summed E-state index contributed by atoms with van der Waals surface area (Å²) in [5, 5.41) is 21.3. The molecule has 2 aromatic rings. The molecule has 0 radical (unpaired) electrons. The third-order valence-corrected chi connectivity index (χ3v) is 3.34. The van der Waals surface area contributed by atoms with Crippen molar-refractivity contribution in [3.05, 3.63) is 64.7 Å². The molecule has 0 aromatic heterocycles. The summed E-state index contributed by atoms with van der Waals surface area (Å²) >= 11 is 0. The van der Waals surface area contributed by atoms with Gasteiger partial charge in [0.2, 0.25) is 0 Å². The first kappa shape index (κ1) is 19.4. The second kappa shape index (κ2) is 9.47. The van der Waals surface area contributed by atoms with Crippen LogP contribution in [0.25, 0.3) is 0 Å². The summed E-state index contributed by atoms with van der Waals surface area (Å²) in [5.74, 6) is -1.42. The largest absolute Gasteiger partial charge is 0.478 e. The smallest absolute Gasteiger partial charge is 0.336 e.